The van der Waals surface area contributed by atoms with Crippen molar-refractivity contribution in [1.82, 2.24) is 5.32 Å². The van der Waals surface area contributed by atoms with Crippen molar-refractivity contribution in [2.24, 2.45) is 0 Å². The molecule has 4 unspecified atom stereocenters. The van der Waals surface area contributed by atoms with Crippen molar-refractivity contribution in [2.45, 2.75) is 116 Å². The average Bonchev–Trinajstić information content (AvgIpc) is 3.44. The zero-order valence-electron chi connectivity index (χ0n) is 40.0. The molecule has 1 fully saturated rings. The number of hydrogen-bond acceptors (Lipinski definition) is 14. The van der Waals surface area contributed by atoms with E-state index in [0.717, 1.165) is 40.4 Å². The van der Waals surface area contributed by atoms with E-state index in [-0.39, 0.29) is 48.4 Å². The standard InChI is InChI=1S/C19H38BNO6.C14H19BO2.C10H16NO3S3.2Co/c1-8-19(3,18(23)27-10-9-21(4,5)6)20-15-16(2)17(22)26-14-13-25-12-11-24-7;1-6-11-7-9-12(10-8-11)15-16-13(2,3)14(4,5)17-15;1-7(15)17-10(2,3)8(12)13-5-6-14-9(16)11-4;;/h20H,8-15H2,1-7H3;6-10H,1H2,2-5H3;2,5-6H2,1,3-4H3,(H,11,16);;/q+1;;;;. The van der Waals surface area contributed by atoms with Gasteiger partial charge < -0.3 is 0 Å². The molecule has 63 heavy (non-hydrogen) atoms. The number of ether oxygens (including phenoxy) is 6. The van der Waals surface area contributed by atoms with Crippen molar-refractivity contribution in [3.63, 3.8) is 0 Å². The summed E-state index contributed by atoms with van der Waals surface area (Å²) >= 11 is 13.6. The molecule has 1 aromatic carbocycles. The van der Waals surface area contributed by atoms with E-state index < -0.39 is 38.7 Å². The first-order chi connectivity index (χ1) is 29.3. The van der Waals surface area contributed by atoms with Gasteiger partial charge >= 0.3 is 409 Å². The number of nitrogens with zero attached hydrogens (tertiary/aromatic N) is 1. The number of hydrogen-bond donors (Lipinski definition) is 1. The summed E-state index contributed by atoms with van der Waals surface area (Å²) in [5, 5.41) is 3.06. The van der Waals surface area contributed by atoms with E-state index >= 15 is 0 Å². The van der Waals surface area contributed by atoms with Crippen molar-refractivity contribution < 1.29 is 86.0 Å². The Bertz CT molecular complexity index is 1640. The first kappa shape index (κ1) is 57.8. The number of carbonyl (C=O) groups is 3. The first-order valence-corrected chi connectivity index (χ1v) is 25.4. The van der Waals surface area contributed by atoms with Crippen LogP contribution in [-0.4, -0.2) is 150 Å². The quantitative estimate of drug-likeness (QED) is 0.0262. The van der Waals surface area contributed by atoms with E-state index in [9.17, 15) is 14.4 Å². The summed E-state index contributed by atoms with van der Waals surface area (Å²) in [6.07, 6.45) is 0.916. The van der Waals surface area contributed by atoms with Gasteiger partial charge in [-0.05, 0) is 0 Å². The van der Waals surface area contributed by atoms with Crippen LogP contribution in [0.2, 0.25) is 26.7 Å². The second kappa shape index (κ2) is 26.3. The Morgan fingerprint density at radius 1 is 0.873 bits per heavy atom. The van der Waals surface area contributed by atoms with Gasteiger partial charge in [-0.2, -0.15) is 0 Å². The van der Waals surface area contributed by atoms with E-state index in [4.69, 9.17) is 62.2 Å². The molecule has 1 heterocycles. The molecule has 4 atom stereocenters. The molecule has 1 saturated heterocycles. The van der Waals surface area contributed by atoms with Crippen LogP contribution in [0.25, 0.3) is 0 Å². The molecule has 0 aliphatic carbocycles. The zero-order chi connectivity index (χ0) is 47.7. The number of thioether (sulfide) groups is 1. The third kappa shape index (κ3) is 19.1. The molecular weight excluding hydrogens is 956 g/mol. The van der Waals surface area contributed by atoms with Crippen molar-refractivity contribution >= 4 is 83.3 Å². The molecule has 0 bridgehead atoms. The van der Waals surface area contributed by atoms with Crippen LogP contribution in [0.5, 0.6) is 0 Å². The molecule has 20 heteroatoms. The molecule has 362 valence electrons. The normalized spacial score (nSPS) is 18.0. The van der Waals surface area contributed by atoms with Crippen LogP contribution in [0.4, 0.5) is 0 Å². The predicted molar refractivity (Wildman–Crippen MR) is 254 cm³/mol. The summed E-state index contributed by atoms with van der Waals surface area (Å²) in [6, 6.07) is 8.16. The molecule has 0 spiro atoms. The average molecular weight is 1030 g/mol. The topological polar surface area (TPSA) is 137 Å². The number of methoxy groups -OCH3 is 1. The predicted octanol–water partition coefficient (Wildman–Crippen LogP) is 6.01. The number of likely N-dealkylation sites (N-methyl/N-ethyl adjacent to an activating group) is 1. The van der Waals surface area contributed by atoms with Crippen LogP contribution in [-0.2, 0) is 81.5 Å². The molecule has 1 aromatic rings. The van der Waals surface area contributed by atoms with Gasteiger partial charge in [-0.25, -0.2) is 0 Å². The molecule has 1 aliphatic heterocycles. The number of nitrogens with one attached hydrogen (secondary N) is 1. The summed E-state index contributed by atoms with van der Waals surface area (Å²) < 4.78 is 45.4. The third-order valence-corrected chi connectivity index (χ3v) is 17.1. The van der Waals surface area contributed by atoms with Crippen LogP contribution < -0.4 is 10.8 Å². The summed E-state index contributed by atoms with van der Waals surface area (Å²) in [5.41, 5.74) is 0.904. The van der Waals surface area contributed by atoms with Gasteiger partial charge in [0.25, 0.3) is 0 Å². The van der Waals surface area contributed by atoms with Crippen molar-refractivity contribution in [3.05, 3.63) is 29.8 Å². The second-order valence-corrected chi connectivity index (χ2v) is 24.4. The molecule has 0 amide bonds. The van der Waals surface area contributed by atoms with Gasteiger partial charge in [0.1, 0.15) is 0 Å². The van der Waals surface area contributed by atoms with Crippen LogP contribution in [0, 0.1) is 0 Å². The third-order valence-electron chi connectivity index (χ3n) is 11.0. The molecule has 0 saturated carbocycles. The van der Waals surface area contributed by atoms with Crippen LogP contribution in [0.1, 0.15) is 79.2 Å². The Kier molecular flexibility index (Phi) is 24.1. The molecular formula is C43H73B2Co2N2O11S3+. The van der Waals surface area contributed by atoms with Gasteiger partial charge in [0.2, 0.25) is 0 Å². The fourth-order valence-electron chi connectivity index (χ4n) is 5.67. The fourth-order valence-corrected chi connectivity index (χ4v) is 11.1. The van der Waals surface area contributed by atoms with Gasteiger partial charge in [-0.3, -0.25) is 0 Å². The molecule has 2 rings (SSSR count). The van der Waals surface area contributed by atoms with E-state index in [1.54, 1.807) is 21.1 Å². The maximum absolute atomic E-state index is 14.2. The number of thiocarbonyl (C=S) groups is 2. The summed E-state index contributed by atoms with van der Waals surface area (Å²) in [6.45, 7) is 19.7. The van der Waals surface area contributed by atoms with E-state index in [1.807, 2.05) is 67.5 Å². The van der Waals surface area contributed by atoms with Gasteiger partial charge in [-0.1, -0.05) is 0 Å². The zero-order valence-corrected chi connectivity index (χ0v) is 44.5. The minimum atomic E-state index is -1.02. The summed E-state index contributed by atoms with van der Waals surface area (Å²) in [4.78, 5) is 41.4. The maximum atomic E-state index is 14.2. The van der Waals surface area contributed by atoms with Gasteiger partial charge in [-0.15, -0.1) is 0 Å². The van der Waals surface area contributed by atoms with Crippen LogP contribution in [0.15, 0.2) is 24.3 Å². The Hall–Kier alpha value is -1.30. The molecule has 13 nitrogen and oxygen atoms in total. The van der Waals surface area contributed by atoms with E-state index in [2.05, 4.69) is 38.6 Å². The number of carbonyl (C=O) groups excluding carboxylic acids is 3. The Morgan fingerprint density at radius 2 is 1.43 bits per heavy atom. The molecule has 1 N–H and O–H groups in total. The van der Waals surface area contributed by atoms with E-state index in [0.29, 0.717) is 65.8 Å². The van der Waals surface area contributed by atoms with Crippen LogP contribution in [0.3, 0.4) is 0 Å². The minimum absolute atomic E-state index is 0.0178. The van der Waals surface area contributed by atoms with Crippen molar-refractivity contribution in [1.29, 1.82) is 0 Å². The van der Waals surface area contributed by atoms with Gasteiger partial charge in [0.05, 0.1) is 0 Å². The van der Waals surface area contributed by atoms with E-state index in [1.165, 1.54) is 11.8 Å². The van der Waals surface area contributed by atoms with Gasteiger partial charge in [0, 0.05) is 0 Å². The second-order valence-electron chi connectivity index (χ2n) is 18.0. The number of rotatable bonds is 28. The SMILES string of the molecule is CCC(C)(BC[C](C)([Co][CH2][CH]([Co][CH2]C(C)(SC(C)=S)C(=O)OCCOC(=S)NC)c1ccc(B2OC(C)(C)C(C)(C)O2)cc1)C(=O)OCCOCCOC)C(=O)OCC[N+](C)(C)C. The van der Waals surface area contributed by atoms with Gasteiger partial charge in [0.15, 0.2) is 0 Å². The van der Waals surface area contributed by atoms with Crippen LogP contribution >= 0.6 is 36.2 Å². The Labute approximate surface area is 406 Å². The number of quaternary nitrogens is 1. The van der Waals surface area contributed by atoms with Crippen molar-refractivity contribution in [2.75, 3.05) is 88.1 Å². The fraction of sp³-hybridized carbons (Fsp3) is 0.744. The molecule has 1 aliphatic rings. The van der Waals surface area contributed by atoms with Crippen molar-refractivity contribution in [3.8, 4) is 0 Å². The summed E-state index contributed by atoms with van der Waals surface area (Å²) in [7, 11) is 9.29. The monoisotopic (exact) mass is 1030 g/mol. The summed E-state index contributed by atoms with van der Waals surface area (Å²) in [5.74, 6) is -1.06. The molecule has 0 radical (unpaired) electrons. The number of esters is 3. The molecule has 0 aromatic heterocycles. The Morgan fingerprint density at radius 3 is 1.98 bits per heavy atom. The first-order valence-electron chi connectivity index (χ1n) is 21.2. The Balaban J connectivity index is 2.49. The number of benzene rings is 1.